The van der Waals surface area contributed by atoms with Crippen LogP contribution in [0.4, 0.5) is 13.2 Å². The first-order valence-electron chi connectivity index (χ1n) is 12.6. The number of ether oxygens (including phenoxy) is 1. The van der Waals surface area contributed by atoms with Gasteiger partial charge < -0.3 is 4.74 Å². The van der Waals surface area contributed by atoms with Crippen LogP contribution in [0.25, 0.3) is 22.5 Å². The van der Waals surface area contributed by atoms with E-state index < -0.39 is 31.4 Å². The van der Waals surface area contributed by atoms with Crippen molar-refractivity contribution >= 4 is 18.7 Å². The van der Waals surface area contributed by atoms with Crippen LogP contribution < -0.4 is 0 Å². The van der Waals surface area contributed by atoms with E-state index in [4.69, 9.17) is 4.74 Å². The number of hydrogen-bond donors (Lipinski definition) is 0. The molecule has 2 aromatic carbocycles. The molecule has 0 atom stereocenters. The van der Waals surface area contributed by atoms with E-state index in [1.165, 1.54) is 7.11 Å². The number of alkyl halides is 3. The van der Waals surface area contributed by atoms with E-state index in [2.05, 4.69) is 41.5 Å². The van der Waals surface area contributed by atoms with Gasteiger partial charge in [-0.25, -0.2) is 0 Å². The Morgan fingerprint density at radius 2 is 1.66 bits per heavy atom. The third-order valence-corrected chi connectivity index (χ3v) is 10.8. The van der Waals surface area contributed by atoms with Gasteiger partial charge in [0.1, 0.15) is 6.54 Å². The van der Waals surface area contributed by atoms with Gasteiger partial charge in [0.15, 0.2) is 0 Å². The van der Waals surface area contributed by atoms with E-state index in [-0.39, 0.29) is 6.61 Å². The van der Waals surface area contributed by atoms with Crippen molar-refractivity contribution in [2.45, 2.75) is 60.3 Å². The van der Waals surface area contributed by atoms with Gasteiger partial charge in [0.25, 0.3) is 0 Å². The number of aromatic nitrogens is 6. The summed E-state index contributed by atoms with van der Waals surface area (Å²) in [7, 11) is 1.49. The molecular formula is C27H33F3N6OSn. The Balaban J connectivity index is 1.68. The molecule has 4 aromatic rings. The molecule has 7 nitrogen and oxygen atoms in total. The Hall–Kier alpha value is -2.73. The first-order chi connectivity index (χ1) is 18.0. The minimum absolute atomic E-state index is 0.0705. The van der Waals surface area contributed by atoms with Gasteiger partial charge in [-0.05, 0) is 0 Å². The van der Waals surface area contributed by atoms with Gasteiger partial charge >= 0.3 is 181 Å². The summed E-state index contributed by atoms with van der Waals surface area (Å²) in [5, 5.41) is 16.9. The van der Waals surface area contributed by atoms with Crippen LogP contribution >= 0.6 is 0 Å². The number of benzene rings is 2. The fourth-order valence-electron chi connectivity index (χ4n) is 4.57. The molecule has 11 heteroatoms. The zero-order valence-corrected chi connectivity index (χ0v) is 25.2. The Labute approximate surface area is 225 Å². The third-order valence-electron chi connectivity index (χ3n) is 6.27. The Kier molecular flexibility index (Phi) is 8.61. The molecule has 0 aliphatic rings. The van der Waals surface area contributed by atoms with Crippen LogP contribution in [0, 0.1) is 0 Å². The predicted molar refractivity (Wildman–Crippen MR) is 143 cm³/mol. The van der Waals surface area contributed by atoms with Crippen LogP contribution in [0.5, 0.6) is 0 Å². The quantitative estimate of drug-likeness (QED) is 0.197. The van der Waals surface area contributed by atoms with Crippen LogP contribution in [-0.4, -0.2) is 60.1 Å². The summed E-state index contributed by atoms with van der Waals surface area (Å²) in [5.41, 5.74) is 5.97. The SMILES string of the molecule is CCCc1nn(CC(F)(F)F)c(COC)c1Cc1ccc(-c2ccccc2-c2nnn[n]2[Sn]([CH3])([CH3])[CH3])cc1. The molecule has 4 rings (SSSR count). The molecule has 2 aromatic heterocycles. The van der Waals surface area contributed by atoms with Gasteiger partial charge in [-0.2, -0.15) is 13.2 Å². The number of methoxy groups -OCH3 is 1. The zero-order chi connectivity index (χ0) is 27.5. The van der Waals surface area contributed by atoms with Crippen molar-refractivity contribution in [2.75, 3.05) is 7.11 Å². The molecule has 2 heterocycles. The van der Waals surface area contributed by atoms with Crippen molar-refractivity contribution < 1.29 is 17.9 Å². The maximum atomic E-state index is 13.2. The van der Waals surface area contributed by atoms with Crippen LogP contribution in [0.2, 0.25) is 14.8 Å². The number of tetrazole rings is 1. The number of halogens is 3. The Morgan fingerprint density at radius 1 is 0.974 bits per heavy atom. The Morgan fingerprint density at radius 3 is 2.26 bits per heavy atom. The van der Waals surface area contributed by atoms with Gasteiger partial charge in [0.2, 0.25) is 0 Å². The summed E-state index contributed by atoms with van der Waals surface area (Å²) >= 11 is -2.62. The van der Waals surface area contributed by atoms with Crippen LogP contribution in [-0.2, 0) is 30.7 Å². The fourth-order valence-corrected chi connectivity index (χ4v) is 7.74. The van der Waals surface area contributed by atoms with Crippen molar-refractivity contribution in [3.05, 3.63) is 71.0 Å². The van der Waals surface area contributed by atoms with Gasteiger partial charge in [-0.3, -0.25) is 0 Å². The molecule has 0 aliphatic carbocycles. The second-order valence-electron chi connectivity index (χ2n) is 10.3. The molecule has 0 radical (unpaired) electrons. The van der Waals surface area contributed by atoms with Crippen LogP contribution in [0.1, 0.15) is 35.9 Å². The normalized spacial score (nSPS) is 12.3. The molecular weight excluding hydrogens is 600 g/mol. The monoisotopic (exact) mass is 634 g/mol. The van der Waals surface area contributed by atoms with E-state index in [1.807, 2.05) is 52.3 Å². The summed E-state index contributed by atoms with van der Waals surface area (Å²) < 4.78 is 48.0. The first kappa shape index (κ1) is 28.3. The molecule has 202 valence electrons. The molecule has 0 aliphatic heterocycles. The average molecular weight is 633 g/mol. The topological polar surface area (TPSA) is 70.7 Å². The second kappa shape index (κ2) is 11.6. The summed E-state index contributed by atoms with van der Waals surface area (Å²) in [6.45, 7) is 0.937. The third kappa shape index (κ3) is 6.45. The van der Waals surface area contributed by atoms with Gasteiger partial charge in [0, 0.05) is 7.11 Å². The summed E-state index contributed by atoms with van der Waals surface area (Å²) in [4.78, 5) is 6.77. The van der Waals surface area contributed by atoms with E-state index >= 15 is 0 Å². The second-order valence-corrected chi connectivity index (χ2v) is 23.9. The summed E-state index contributed by atoms with van der Waals surface area (Å²) in [6, 6.07) is 16.2. The van der Waals surface area contributed by atoms with Crippen molar-refractivity contribution in [1.82, 2.24) is 28.2 Å². The standard InChI is InChI=1S/C24H24F3N6O.3CH3.Sn/c1-3-6-21-20(22(14-34-2)33(30-21)15-24(25,26)27)13-16-9-11-17(12-10-16)18-7-4-5-8-19(18)23-28-31-32-29-23;;;;/h4-5,7-12H,3,6,13-15H2,1-2H3;3*1H3;/q-1;;;;+1. The van der Waals surface area contributed by atoms with Crippen LogP contribution in [0.3, 0.4) is 0 Å². The first-order valence-corrected chi connectivity index (χ1v) is 22.5. The molecule has 0 unspecified atom stereocenters. The number of rotatable bonds is 10. The van der Waals surface area contributed by atoms with Gasteiger partial charge in [-0.1, -0.05) is 13.3 Å². The molecule has 0 saturated carbocycles. The fraction of sp³-hybridized carbons (Fsp3) is 0.407. The van der Waals surface area contributed by atoms with Crippen molar-refractivity contribution in [3.8, 4) is 22.5 Å². The van der Waals surface area contributed by atoms with E-state index in [0.717, 1.165) is 44.7 Å². The van der Waals surface area contributed by atoms with E-state index in [0.29, 0.717) is 24.2 Å². The number of hydrogen-bond acceptors (Lipinski definition) is 5. The minimum atomic E-state index is -4.36. The van der Waals surface area contributed by atoms with Gasteiger partial charge in [-0.15, -0.1) is 0 Å². The van der Waals surface area contributed by atoms with Crippen LogP contribution in [0.15, 0.2) is 48.5 Å². The summed E-state index contributed by atoms with van der Waals surface area (Å²) in [6.07, 6.45) is -2.49. The molecule has 0 amide bonds. The number of aryl methyl sites for hydroxylation is 1. The van der Waals surface area contributed by atoms with Crippen molar-refractivity contribution in [2.24, 2.45) is 0 Å². The molecule has 0 bridgehead atoms. The van der Waals surface area contributed by atoms with Crippen molar-refractivity contribution in [3.63, 3.8) is 0 Å². The maximum absolute atomic E-state index is 13.2. The van der Waals surface area contributed by atoms with E-state index in [1.54, 1.807) is 0 Å². The molecule has 0 N–H and O–H groups in total. The molecule has 0 saturated heterocycles. The predicted octanol–water partition coefficient (Wildman–Crippen LogP) is 6.14. The molecule has 38 heavy (non-hydrogen) atoms. The van der Waals surface area contributed by atoms with Gasteiger partial charge in [0.05, 0.1) is 0 Å². The summed E-state index contributed by atoms with van der Waals surface area (Å²) in [5.74, 6) is 0.776. The Bertz CT molecular complexity index is 1370. The number of nitrogens with zero attached hydrogens (tertiary/aromatic N) is 6. The van der Waals surface area contributed by atoms with E-state index in [9.17, 15) is 13.2 Å². The molecule has 0 fully saturated rings. The molecule has 0 spiro atoms. The zero-order valence-electron chi connectivity index (χ0n) is 22.4. The van der Waals surface area contributed by atoms with Crippen molar-refractivity contribution in [1.29, 1.82) is 0 Å². The average Bonchev–Trinajstić information content (AvgIpc) is 3.46.